The fraction of sp³-hybridized carbons (Fsp3) is 0.0769. The number of hydrazine groups is 2. The fourth-order valence-corrected chi connectivity index (χ4v) is 1.88. The van der Waals surface area contributed by atoms with Gasteiger partial charge in [-0.15, -0.1) is 10.6 Å². The summed E-state index contributed by atoms with van der Waals surface area (Å²) in [6.45, 7) is 0. The lowest BCUT2D eigenvalue weighted by Crippen LogP contribution is -2.36. The quantitative estimate of drug-likeness (QED) is 0.767. The van der Waals surface area contributed by atoms with Crippen molar-refractivity contribution in [1.82, 2.24) is 21.1 Å². The Kier molecular flexibility index (Phi) is 2.96. The molecule has 6 nitrogen and oxygen atoms in total. The average Bonchev–Trinajstić information content (AvgIpc) is 2.86. The van der Waals surface area contributed by atoms with Crippen LogP contribution >= 0.6 is 0 Å². The van der Waals surface area contributed by atoms with E-state index in [-0.39, 0.29) is 5.75 Å². The minimum absolute atomic E-state index is 0.102. The molecule has 7 heteroatoms. The summed E-state index contributed by atoms with van der Waals surface area (Å²) < 4.78 is 13.7. The lowest BCUT2D eigenvalue weighted by atomic mass is 10.1. The molecular weight excluding hydrogens is 261 g/mol. The predicted octanol–water partition coefficient (Wildman–Crippen LogP) is 1.21. The van der Waals surface area contributed by atoms with Gasteiger partial charge in [-0.2, -0.15) is 0 Å². The molecule has 0 radical (unpaired) electrons. The van der Waals surface area contributed by atoms with Crippen LogP contribution in [-0.2, 0) is 0 Å². The van der Waals surface area contributed by atoms with Crippen LogP contribution in [0.4, 0.5) is 4.39 Å². The number of phenols is 1. The maximum Gasteiger partial charge on any atom is 0.189 e. The standard InChI is InChI=1S/C13H12FN5O/c1-19-17-13(16-18-19)12-5-2-8(7-15-12)10-4-3-9(20)6-11(10)14/h2-7,18,20H,1H3,(H,16,17). The zero-order chi connectivity index (χ0) is 14.1. The third kappa shape index (κ3) is 2.26. The van der Waals surface area contributed by atoms with Gasteiger partial charge in [-0.25, -0.2) is 9.51 Å². The molecule has 0 saturated carbocycles. The SMILES string of the molecule is CN1N=C(c2ccc(-c3ccc(O)cc3F)cn2)NN1. The average molecular weight is 273 g/mol. The first kappa shape index (κ1) is 12.4. The molecule has 3 N–H and O–H groups in total. The van der Waals surface area contributed by atoms with Gasteiger partial charge in [-0.1, -0.05) is 6.07 Å². The highest BCUT2D eigenvalue weighted by atomic mass is 19.1. The van der Waals surface area contributed by atoms with E-state index in [1.165, 1.54) is 17.3 Å². The highest BCUT2D eigenvalue weighted by Crippen LogP contribution is 2.25. The number of phenolic OH excluding ortho intramolecular Hbond substituents is 1. The first-order valence-corrected chi connectivity index (χ1v) is 5.93. The number of aromatic nitrogens is 1. The Morgan fingerprint density at radius 3 is 2.70 bits per heavy atom. The molecule has 0 saturated heterocycles. The summed E-state index contributed by atoms with van der Waals surface area (Å²) in [5.74, 6) is -0.00281. The predicted molar refractivity (Wildman–Crippen MR) is 71.9 cm³/mol. The van der Waals surface area contributed by atoms with Crippen LogP contribution in [0, 0.1) is 5.82 Å². The number of nitrogens with one attached hydrogen (secondary N) is 2. The second kappa shape index (κ2) is 4.78. The van der Waals surface area contributed by atoms with Gasteiger partial charge in [-0.3, -0.25) is 10.4 Å². The zero-order valence-corrected chi connectivity index (χ0v) is 10.6. The number of hydrogen-bond donors (Lipinski definition) is 3. The van der Waals surface area contributed by atoms with Crippen molar-refractivity contribution in [2.45, 2.75) is 0 Å². The van der Waals surface area contributed by atoms with Crippen LogP contribution in [-0.4, -0.2) is 28.1 Å². The molecule has 0 amide bonds. The van der Waals surface area contributed by atoms with Crippen molar-refractivity contribution in [2.24, 2.45) is 5.10 Å². The van der Waals surface area contributed by atoms with Crippen molar-refractivity contribution in [3.63, 3.8) is 0 Å². The van der Waals surface area contributed by atoms with Crippen LogP contribution in [0.5, 0.6) is 5.75 Å². The van der Waals surface area contributed by atoms with E-state index in [4.69, 9.17) is 0 Å². The Morgan fingerprint density at radius 2 is 2.10 bits per heavy atom. The highest BCUT2D eigenvalue weighted by molar-refractivity contribution is 5.97. The van der Waals surface area contributed by atoms with E-state index in [9.17, 15) is 9.50 Å². The Labute approximate surface area is 114 Å². The maximum absolute atomic E-state index is 13.7. The fourth-order valence-electron chi connectivity index (χ4n) is 1.88. The Balaban J connectivity index is 1.91. The zero-order valence-electron chi connectivity index (χ0n) is 10.6. The van der Waals surface area contributed by atoms with E-state index < -0.39 is 5.82 Å². The molecule has 0 atom stereocenters. The van der Waals surface area contributed by atoms with E-state index >= 15 is 0 Å². The monoisotopic (exact) mass is 273 g/mol. The second-order valence-corrected chi connectivity index (χ2v) is 4.31. The van der Waals surface area contributed by atoms with E-state index in [0.717, 1.165) is 6.07 Å². The number of pyridine rings is 1. The van der Waals surface area contributed by atoms with E-state index in [0.29, 0.717) is 22.7 Å². The molecule has 20 heavy (non-hydrogen) atoms. The van der Waals surface area contributed by atoms with Crippen molar-refractivity contribution in [1.29, 1.82) is 0 Å². The Bertz CT molecular complexity index is 671. The van der Waals surface area contributed by atoms with Crippen LogP contribution in [0.3, 0.4) is 0 Å². The molecule has 1 aromatic heterocycles. The molecule has 0 spiro atoms. The van der Waals surface area contributed by atoms with E-state index in [1.54, 1.807) is 25.4 Å². The number of halogens is 1. The minimum atomic E-state index is -0.489. The molecule has 0 bridgehead atoms. The van der Waals surface area contributed by atoms with Crippen molar-refractivity contribution in [3.05, 3.63) is 48.0 Å². The van der Waals surface area contributed by atoms with Crippen LogP contribution in [0.25, 0.3) is 11.1 Å². The van der Waals surface area contributed by atoms with Gasteiger partial charge in [0.05, 0.1) is 0 Å². The number of hydrazone groups is 1. The van der Waals surface area contributed by atoms with Crippen molar-refractivity contribution < 1.29 is 9.50 Å². The summed E-state index contributed by atoms with van der Waals surface area (Å²) in [6.07, 6.45) is 1.56. The van der Waals surface area contributed by atoms with E-state index in [2.05, 4.69) is 21.0 Å². The van der Waals surface area contributed by atoms with Gasteiger partial charge in [0.25, 0.3) is 0 Å². The lowest BCUT2D eigenvalue weighted by Gasteiger charge is -2.05. The number of benzene rings is 1. The number of hydrogen-bond acceptors (Lipinski definition) is 6. The number of nitrogens with zero attached hydrogens (tertiary/aromatic N) is 3. The maximum atomic E-state index is 13.7. The van der Waals surface area contributed by atoms with Crippen LogP contribution in [0.2, 0.25) is 0 Å². The number of aromatic hydroxyl groups is 1. The normalized spacial score (nSPS) is 14.1. The summed E-state index contributed by atoms with van der Waals surface area (Å²) in [4.78, 5) is 4.25. The van der Waals surface area contributed by atoms with Gasteiger partial charge >= 0.3 is 0 Å². The summed E-state index contributed by atoms with van der Waals surface area (Å²) in [5, 5.41) is 14.9. The third-order valence-corrected chi connectivity index (χ3v) is 2.86. The minimum Gasteiger partial charge on any atom is -0.508 e. The van der Waals surface area contributed by atoms with Crippen LogP contribution in [0.1, 0.15) is 5.69 Å². The van der Waals surface area contributed by atoms with Gasteiger partial charge in [0.15, 0.2) is 5.84 Å². The molecule has 1 aromatic carbocycles. The molecule has 2 aromatic rings. The lowest BCUT2D eigenvalue weighted by molar-refractivity contribution is 0.259. The Morgan fingerprint density at radius 1 is 1.25 bits per heavy atom. The van der Waals surface area contributed by atoms with Gasteiger partial charge in [0, 0.05) is 30.4 Å². The van der Waals surface area contributed by atoms with Crippen molar-refractivity contribution in [2.75, 3.05) is 7.05 Å². The molecule has 0 unspecified atom stereocenters. The van der Waals surface area contributed by atoms with Gasteiger partial charge in [0.1, 0.15) is 17.3 Å². The third-order valence-electron chi connectivity index (χ3n) is 2.86. The summed E-state index contributed by atoms with van der Waals surface area (Å²) >= 11 is 0. The molecule has 1 aliphatic heterocycles. The molecular formula is C13H12FN5O. The number of amidine groups is 1. The Hall–Kier alpha value is -2.67. The van der Waals surface area contributed by atoms with Crippen molar-refractivity contribution in [3.8, 4) is 16.9 Å². The van der Waals surface area contributed by atoms with Crippen molar-refractivity contribution >= 4 is 5.84 Å². The molecule has 3 rings (SSSR count). The topological polar surface area (TPSA) is 72.8 Å². The summed E-state index contributed by atoms with van der Waals surface area (Å²) in [6, 6.07) is 7.52. The van der Waals surface area contributed by atoms with E-state index in [1.807, 2.05) is 0 Å². The first-order chi connectivity index (χ1) is 9.63. The van der Waals surface area contributed by atoms with Crippen LogP contribution < -0.4 is 11.0 Å². The molecule has 102 valence electrons. The van der Waals surface area contributed by atoms with Gasteiger partial charge in [0.2, 0.25) is 0 Å². The van der Waals surface area contributed by atoms with Crippen LogP contribution in [0.15, 0.2) is 41.6 Å². The summed E-state index contributed by atoms with van der Waals surface area (Å²) in [5.41, 5.74) is 7.30. The van der Waals surface area contributed by atoms with Gasteiger partial charge in [-0.05, 0) is 18.2 Å². The smallest absolute Gasteiger partial charge is 0.189 e. The molecule has 2 heterocycles. The number of rotatable bonds is 2. The second-order valence-electron chi connectivity index (χ2n) is 4.31. The summed E-state index contributed by atoms with van der Waals surface area (Å²) in [7, 11) is 1.75. The molecule has 1 aliphatic rings. The molecule has 0 aliphatic carbocycles. The molecule has 0 fully saturated rings. The highest BCUT2D eigenvalue weighted by Gasteiger charge is 2.13. The van der Waals surface area contributed by atoms with Gasteiger partial charge < -0.3 is 5.11 Å². The first-order valence-electron chi connectivity index (χ1n) is 5.93. The largest absolute Gasteiger partial charge is 0.508 e.